The van der Waals surface area contributed by atoms with Crippen LogP contribution in [0, 0.1) is 10.1 Å². The summed E-state index contributed by atoms with van der Waals surface area (Å²) >= 11 is 0. The lowest BCUT2D eigenvalue weighted by molar-refractivity contribution is -0.384. The summed E-state index contributed by atoms with van der Waals surface area (Å²) in [4.78, 5) is 22.7. The number of non-ortho nitro benzene ring substituents is 1. The van der Waals surface area contributed by atoms with E-state index in [0.717, 1.165) is 16.7 Å². The third kappa shape index (κ3) is 4.85. The molecule has 0 aliphatic rings. The molecule has 0 saturated carbocycles. The SMILES string of the molecule is CC(C)(C)c1cc(/C=C/C(=O)c2ccc([N+](=O)[O-])cc2)cc(C(C)(C)C)c1O. The average molecular weight is 381 g/mol. The lowest BCUT2D eigenvalue weighted by atomic mass is 9.78. The quantitative estimate of drug-likeness (QED) is 0.314. The number of phenolic OH excluding ortho intramolecular Hbond substituents is 1. The first-order valence-electron chi connectivity index (χ1n) is 9.15. The van der Waals surface area contributed by atoms with Gasteiger partial charge in [-0.05, 0) is 46.7 Å². The van der Waals surface area contributed by atoms with E-state index in [0.29, 0.717) is 11.3 Å². The maximum Gasteiger partial charge on any atom is 0.269 e. The van der Waals surface area contributed by atoms with Gasteiger partial charge in [-0.2, -0.15) is 0 Å². The molecule has 0 aliphatic heterocycles. The highest BCUT2D eigenvalue weighted by atomic mass is 16.6. The van der Waals surface area contributed by atoms with Crippen molar-refractivity contribution in [2.45, 2.75) is 52.4 Å². The largest absolute Gasteiger partial charge is 0.507 e. The number of nitro benzene ring substituents is 1. The third-order valence-corrected chi connectivity index (χ3v) is 4.54. The van der Waals surface area contributed by atoms with Gasteiger partial charge in [0.1, 0.15) is 5.75 Å². The molecule has 0 saturated heterocycles. The van der Waals surface area contributed by atoms with Crippen LogP contribution in [0.2, 0.25) is 0 Å². The van der Waals surface area contributed by atoms with E-state index in [1.807, 2.05) is 53.7 Å². The van der Waals surface area contributed by atoms with Crippen molar-refractivity contribution in [1.29, 1.82) is 0 Å². The standard InChI is InChI=1S/C23H27NO4/c1-22(2,3)18-13-15(14-19(21(18)26)23(4,5)6)7-12-20(25)16-8-10-17(11-9-16)24(27)28/h7-14,26H,1-6H3/b12-7+. The lowest BCUT2D eigenvalue weighted by Gasteiger charge is -2.27. The zero-order valence-corrected chi connectivity index (χ0v) is 17.2. The van der Waals surface area contributed by atoms with Gasteiger partial charge in [0.25, 0.3) is 5.69 Å². The van der Waals surface area contributed by atoms with E-state index in [2.05, 4.69) is 0 Å². The van der Waals surface area contributed by atoms with Gasteiger partial charge in [-0.3, -0.25) is 14.9 Å². The zero-order valence-electron chi connectivity index (χ0n) is 17.2. The summed E-state index contributed by atoms with van der Waals surface area (Å²) in [6.07, 6.45) is 3.17. The fraction of sp³-hybridized carbons (Fsp3) is 0.348. The lowest BCUT2D eigenvalue weighted by Crippen LogP contribution is -2.17. The van der Waals surface area contributed by atoms with Crippen molar-refractivity contribution < 1.29 is 14.8 Å². The number of ketones is 1. The molecule has 148 valence electrons. The Morgan fingerprint density at radius 1 is 0.964 bits per heavy atom. The van der Waals surface area contributed by atoms with Gasteiger partial charge in [0.2, 0.25) is 0 Å². The first kappa shape index (κ1) is 21.4. The molecule has 0 atom stereocenters. The Morgan fingerprint density at radius 3 is 1.82 bits per heavy atom. The van der Waals surface area contributed by atoms with E-state index >= 15 is 0 Å². The highest BCUT2D eigenvalue weighted by Crippen LogP contribution is 2.40. The Labute approximate surface area is 165 Å². The summed E-state index contributed by atoms with van der Waals surface area (Å²) in [5, 5.41) is 21.5. The first-order valence-corrected chi connectivity index (χ1v) is 9.15. The average Bonchev–Trinajstić information content (AvgIpc) is 2.58. The van der Waals surface area contributed by atoms with E-state index in [1.54, 1.807) is 6.08 Å². The van der Waals surface area contributed by atoms with Crippen LogP contribution in [0.3, 0.4) is 0 Å². The van der Waals surface area contributed by atoms with Gasteiger partial charge >= 0.3 is 0 Å². The number of carbonyl (C=O) groups is 1. The fourth-order valence-electron chi connectivity index (χ4n) is 2.91. The normalized spacial score (nSPS) is 12.4. The number of phenols is 1. The van der Waals surface area contributed by atoms with Gasteiger partial charge in [-0.25, -0.2) is 0 Å². The number of benzene rings is 2. The molecular weight excluding hydrogens is 354 g/mol. The number of hydrogen-bond donors (Lipinski definition) is 1. The van der Waals surface area contributed by atoms with Crippen LogP contribution >= 0.6 is 0 Å². The van der Waals surface area contributed by atoms with E-state index < -0.39 is 4.92 Å². The van der Waals surface area contributed by atoms with Crippen molar-refractivity contribution in [1.82, 2.24) is 0 Å². The highest BCUT2D eigenvalue weighted by molar-refractivity contribution is 6.06. The minimum Gasteiger partial charge on any atom is -0.507 e. The topological polar surface area (TPSA) is 80.4 Å². The third-order valence-electron chi connectivity index (χ3n) is 4.54. The number of allylic oxidation sites excluding steroid dienone is 1. The molecule has 0 unspecified atom stereocenters. The number of rotatable bonds is 4. The van der Waals surface area contributed by atoms with Crippen LogP contribution in [-0.2, 0) is 10.8 Å². The van der Waals surface area contributed by atoms with Crippen molar-refractivity contribution in [3.63, 3.8) is 0 Å². The van der Waals surface area contributed by atoms with Gasteiger partial charge in [0, 0.05) is 28.8 Å². The molecule has 28 heavy (non-hydrogen) atoms. The smallest absolute Gasteiger partial charge is 0.269 e. The molecule has 5 nitrogen and oxygen atoms in total. The van der Waals surface area contributed by atoms with Crippen LogP contribution in [0.5, 0.6) is 5.75 Å². The summed E-state index contributed by atoms with van der Waals surface area (Å²) in [5.74, 6) is 0.0523. The van der Waals surface area contributed by atoms with E-state index in [4.69, 9.17) is 0 Å². The summed E-state index contributed by atoms with van der Waals surface area (Å²) < 4.78 is 0. The molecular formula is C23H27NO4. The van der Waals surface area contributed by atoms with Crippen molar-refractivity contribution >= 4 is 17.5 Å². The molecule has 2 aromatic rings. The summed E-state index contributed by atoms with van der Waals surface area (Å²) in [5.41, 5.74) is 2.29. The maximum absolute atomic E-state index is 12.4. The van der Waals surface area contributed by atoms with Crippen LogP contribution in [0.15, 0.2) is 42.5 Å². The van der Waals surface area contributed by atoms with Crippen LogP contribution in [0.1, 0.15) is 68.6 Å². The Bertz CT molecular complexity index is 892. The molecule has 0 aromatic heterocycles. The number of hydrogen-bond acceptors (Lipinski definition) is 4. The van der Waals surface area contributed by atoms with Gasteiger partial charge < -0.3 is 5.11 Å². The molecule has 1 N–H and O–H groups in total. The minimum atomic E-state index is -0.497. The number of carbonyl (C=O) groups excluding carboxylic acids is 1. The second-order valence-corrected chi connectivity index (χ2v) is 8.97. The summed E-state index contributed by atoms with van der Waals surface area (Å²) in [6.45, 7) is 12.2. The van der Waals surface area contributed by atoms with Crippen LogP contribution in [-0.4, -0.2) is 15.8 Å². The predicted octanol–water partition coefficient (Wildman–Crippen LogP) is 5.79. The molecule has 0 bridgehead atoms. The molecule has 0 radical (unpaired) electrons. The van der Waals surface area contributed by atoms with Crippen LogP contribution in [0.25, 0.3) is 6.08 Å². The molecule has 0 fully saturated rings. The monoisotopic (exact) mass is 381 g/mol. The van der Waals surface area contributed by atoms with E-state index in [1.165, 1.54) is 30.3 Å². The Hall–Kier alpha value is -2.95. The number of nitro groups is 1. The second kappa shape index (κ2) is 7.58. The van der Waals surface area contributed by atoms with Crippen molar-refractivity contribution in [2.24, 2.45) is 0 Å². The van der Waals surface area contributed by atoms with Crippen molar-refractivity contribution in [2.75, 3.05) is 0 Å². The van der Waals surface area contributed by atoms with Gasteiger partial charge in [-0.1, -0.05) is 47.6 Å². The summed E-state index contributed by atoms with van der Waals surface area (Å²) in [7, 11) is 0. The Kier molecular flexibility index (Phi) is 5.78. The van der Waals surface area contributed by atoms with E-state index in [9.17, 15) is 20.0 Å². The fourth-order valence-corrected chi connectivity index (χ4v) is 2.91. The molecule has 0 heterocycles. The van der Waals surface area contributed by atoms with Gasteiger partial charge in [-0.15, -0.1) is 0 Å². The zero-order chi connectivity index (χ0) is 21.3. The van der Waals surface area contributed by atoms with Crippen LogP contribution in [0.4, 0.5) is 5.69 Å². The summed E-state index contributed by atoms with van der Waals surface area (Å²) in [6, 6.07) is 9.31. The Balaban J connectivity index is 2.41. The molecule has 5 heteroatoms. The molecule has 2 rings (SSSR count). The van der Waals surface area contributed by atoms with Gasteiger partial charge in [0.15, 0.2) is 5.78 Å². The number of aromatic hydroxyl groups is 1. The predicted molar refractivity (Wildman–Crippen MR) is 112 cm³/mol. The molecule has 2 aromatic carbocycles. The highest BCUT2D eigenvalue weighted by Gasteiger charge is 2.26. The second-order valence-electron chi connectivity index (χ2n) is 8.97. The van der Waals surface area contributed by atoms with Gasteiger partial charge in [0.05, 0.1) is 4.92 Å². The first-order chi connectivity index (χ1) is 12.8. The minimum absolute atomic E-state index is 0.0521. The molecule has 0 amide bonds. The van der Waals surface area contributed by atoms with E-state index in [-0.39, 0.29) is 22.3 Å². The van der Waals surface area contributed by atoms with Crippen molar-refractivity contribution in [3.8, 4) is 5.75 Å². The Morgan fingerprint density at radius 2 is 1.43 bits per heavy atom. The molecule has 0 aliphatic carbocycles. The maximum atomic E-state index is 12.4. The molecule has 0 spiro atoms. The number of nitrogens with zero attached hydrogens (tertiary/aromatic N) is 1. The van der Waals surface area contributed by atoms with Crippen molar-refractivity contribution in [3.05, 3.63) is 74.8 Å². The van der Waals surface area contributed by atoms with Crippen LogP contribution < -0.4 is 0 Å².